The fourth-order valence-corrected chi connectivity index (χ4v) is 4.95. The van der Waals surface area contributed by atoms with Crippen LogP contribution < -0.4 is 10.1 Å². The molecule has 28 heavy (non-hydrogen) atoms. The Morgan fingerprint density at radius 3 is 2.82 bits per heavy atom. The Morgan fingerprint density at radius 1 is 1.32 bits per heavy atom. The number of carbonyl (C=O) groups excluding carboxylic acids is 1. The van der Waals surface area contributed by atoms with Gasteiger partial charge in [-0.3, -0.25) is 4.79 Å². The molecule has 1 aromatic carbocycles. The van der Waals surface area contributed by atoms with Gasteiger partial charge in [0.15, 0.2) is 0 Å². The lowest BCUT2D eigenvalue weighted by molar-refractivity contribution is -0.125. The average molecular weight is 388 g/mol. The first-order chi connectivity index (χ1) is 13.4. The zero-order valence-corrected chi connectivity index (χ0v) is 17.3. The standard InChI is InChI=1S/C22H33N3O3/c1-15-4-5-18-16(14-15)22(2)8-6-17(26)20(21(22)28-18)23-19(27)7-9-25-12-10-24(3)11-13-25/h4-5,14,17,20-21,26H,6-13H2,1-3H3,(H,23,27)/t17?,20-,21-,22-/m0/s1. The highest BCUT2D eigenvalue weighted by Crippen LogP contribution is 2.50. The van der Waals surface area contributed by atoms with Crippen LogP contribution in [0.3, 0.4) is 0 Å². The van der Waals surface area contributed by atoms with Crippen molar-refractivity contribution in [2.75, 3.05) is 39.8 Å². The lowest BCUT2D eigenvalue weighted by Gasteiger charge is -2.43. The lowest BCUT2D eigenvalue weighted by atomic mass is 9.67. The summed E-state index contributed by atoms with van der Waals surface area (Å²) in [5.41, 5.74) is 2.25. The van der Waals surface area contributed by atoms with Gasteiger partial charge in [0.2, 0.25) is 5.91 Å². The number of piperazine rings is 1. The summed E-state index contributed by atoms with van der Waals surface area (Å²) in [6, 6.07) is 5.90. The SMILES string of the molecule is Cc1ccc2c(c1)[C@]1(C)CCC(O)[C@H](NC(=O)CCN3CCN(C)CC3)[C@@H]1O2. The van der Waals surface area contributed by atoms with Gasteiger partial charge >= 0.3 is 0 Å². The van der Waals surface area contributed by atoms with Gasteiger partial charge in [-0.1, -0.05) is 24.6 Å². The highest BCUT2D eigenvalue weighted by atomic mass is 16.5. The molecule has 1 aliphatic carbocycles. The van der Waals surface area contributed by atoms with E-state index in [1.807, 2.05) is 6.07 Å². The third kappa shape index (κ3) is 3.65. The number of aliphatic hydroxyl groups is 1. The molecule has 3 aliphatic rings. The van der Waals surface area contributed by atoms with Gasteiger partial charge in [-0.25, -0.2) is 0 Å². The van der Waals surface area contributed by atoms with Crippen LogP contribution in [0.2, 0.25) is 0 Å². The van der Waals surface area contributed by atoms with E-state index in [0.717, 1.165) is 44.9 Å². The van der Waals surface area contributed by atoms with Gasteiger partial charge in [0, 0.05) is 50.1 Å². The van der Waals surface area contributed by atoms with E-state index in [-0.39, 0.29) is 23.5 Å². The van der Waals surface area contributed by atoms with Gasteiger partial charge in [-0.2, -0.15) is 0 Å². The quantitative estimate of drug-likeness (QED) is 0.815. The number of amides is 1. The first-order valence-electron chi connectivity index (χ1n) is 10.5. The third-order valence-electron chi connectivity index (χ3n) is 6.91. The Kier molecular flexibility index (Phi) is 5.38. The number of hydrogen-bond acceptors (Lipinski definition) is 5. The molecule has 0 aromatic heterocycles. The number of carbonyl (C=O) groups is 1. The van der Waals surface area contributed by atoms with Gasteiger partial charge in [-0.05, 0) is 32.9 Å². The van der Waals surface area contributed by atoms with Crippen LogP contribution in [-0.2, 0) is 10.2 Å². The molecule has 2 N–H and O–H groups in total. The van der Waals surface area contributed by atoms with Gasteiger partial charge in [0.05, 0.1) is 12.1 Å². The van der Waals surface area contributed by atoms with Gasteiger partial charge < -0.3 is 25.0 Å². The number of aryl methyl sites for hydroxylation is 1. The summed E-state index contributed by atoms with van der Waals surface area (Å²) in [6.45, 7) is 9.18. The number of nitrogens with one attached hydrogen (secondary N) is 1. The fourth-order valence-electron chi connectivity index (χ4n) is 4.95. The minimum Gasteiger partial charge on any atom is -0.487 e. The topological polar surface area (TPSA) is 65.0 Å². The number of likely N-dealkylation sites (N-methyl/N-ethyl adjacent to an activating group) is 1. The van der Waals surface area contributed by atoms with E-state index in [4.69, 9.17) is 4.74 Å². The normalized spacial score (nSPS) is 33.1. The van der Waals surface area contributed by atoms with E-state index < -0.39 is 6.10 Å². The number of fused-ring (bicyclic) bond motifs is 3. The van der Waals surface area contributed by atoms with Crippen molar-refractivity contribution in [3.05, 3.63) is 29.3 Å². The van der Waals surface area contributed by atoms with Crippen LogP contribution in [0.5, 0.6) is 5.75 Å². The predicted molar refractivity (Wildman–Crippen MR) is 109 cm³/mol. The summed E-state index contributed by atoms with van der Waals surface area (Å²) >= 11 is 0. The first-order valence-corrected chi connectivity index (χ1v) is 10.5. The Labute approximate surface area is 167 Å². The molecule has 4 atom stereocenters. The highest BCUT2D eigenvalue weighted by Gasteiger charge is 2.54. The van der Waals surface area contributed by atoms with Crippen molar-refractivity contribution in [2.24, 2.45) is 0 Å². The summed E-state index contributed by atoms with van der Waals surface area (Å²) < 4.78 is 6.27. The number of aliphatic hydroxyl groups excluding tert-OH is 1. The molecule has 1 saturated heterocycles. The molecule has 6 heteroatoms. The Morgan fingerprint density at radius 2 is 2.07 bits per heavy atom. The number of ether oxygens (including phenoxy) is 1. The van der Waals surface area contributed by atoms with Crippen molar-refractivity contribution in [3.8, 4) is 5.75 Å². The minimum absolute atomic E-state index is 0.00275. The zero-order chi connectivity index (χ0) is 19.9. The molecule has 6 nitrogen and oxygen atoms in total. The zero-order valence-electron chi connectivity index (χ0n) is 17.3. The Bertz CT molecular complexity index is 732. The lowest BCUT2D eigenvalue weighted by Crippen LogP contribution is -2.61. The van der Waals surface area contributed by atoms with Crippen LogP contribution >= 0.6 is 0 Å². The third-order valence-corrected chi connectivity index (χ3v) is 6.91. The maximum Gasteiger partial charge on any atom is 0.221 e. The number of benzene rings is 1. The average Bonchev–Trinajstić information content (AvgIpc) is 2.97. The maximum atomic E-state index is 12.7. The second-order valence-corrected chi connectivity index (χ2v) is 9.05. The maximum absolute atomic E-state index is 12.7. The van der Waals surface area contributed by atoms with E-state index in [0.29, 0.717) is 12.8 Å². The summed E-state index contributed by atoms with van der Waals surface area (Å²) in [4.78, 5) is 17.3. The molecule has 1 aromatic rings. The second-order valence-electron chi connectivity index (χ2n) is 9.05. The van der Waals surface area contributed by atoms with Crippen molar-refractivity contribution in [1.82, 2.24) is 15.1 Å². The van der Waals surface area contributed by atoms with Crippen LogP contribution in [0, 0.1) is 6.92 Å². The molecule has 1 saturated carbocycles. The molecular weight excluding hydrogens is 354 g/mol. The smallest absolute Gasteiger partial charge is 0.221 e. The van der Waals surface area contributed by atoms with E-state index in [2.05, 4.69) is 48.1 Å². The largest absolute Gasteiger partial charge is 0.487 e. The van der Waals surface area contributed by atoms with E-state index in [1.165, 1.54) is 11.1 Å². The molecule has 0 spiro atoms. The van der Waals surface area contributed by atoms with Crippen molar-refractivity contribution < 1.29 is 14.6 Å². The minimum atomic E-state index is -0.568. The molecule has 2 fully saturated rings. The van der Waals surface area contributed by atoms with E-state index in [9.17, 15) is 9.90 Å². The molecule has 154 valence electrons. The van der Waals surface area contributed by atoms with Gasteiger partial charge in [-0.15, -0.1) is 0 Å². The van der Waals surface area contributed by atoms with Crippen LogP contribution in [0.4, 0.5) is 0 Å². The van der Waals surface area contributed by atoms with Gasteiger partial charge in [0.1, 0.15) is 11.9 Å². The fraction of sp³-hybridized carbons (Fsp3) is 0.682. The summed E-state index contributed by atoms with van der Waals surface area (Å²) in [6.07, 6.45) is 1.21. The molecule has 4 rings (SSSR count). The number of nitrogens with zero attached hydrogens (tertiary/aromatic N) is 2. The van der Waals surface area contributed by atoms with Crippen LogP contribution in [0.25, 0.3) is 0 Å². The van der Waals surface area contributed by atoms with Crippen LogP contribution in [0.1, 0.15) is 37.3 Å². The van der Waals surface area contributed by atoms with Crippen LogP contribution in [-0.4, -0.2) is 78.8 Å². The number of hydrogen-bond donors (Lipinski definition) is 2. The molecule has 1 unspecified atom stereocenters. The predicted octanol–water partition coefficient (Wildman–Crippen LogP) is 1.29. The molecule has 0 radical (unpaired) electrons. The van der Waals surface area contributed by atoms with Crippen molar-refractivity contribution in [2.45, 2.75) is 56.8 Å². The second kappa shape index (κ2) is 7.65. The molecule has 1 amide bonds. The van der Waals surface area contributed by atoms with Crippen molar-refractivity contribution in [1.29, 1.82) is 0 Å². The van der Waals surface area contributed by atoms with Gasteiger partial charge in [0.25, 0.3) is 0 Å². The van der Waals surface area contributed by atoms with Crippen LogP contribution in [0.15, 0.2) is 18.2 Å². The van der Waals surface area contributed by atoms with Crippen molar-refractivity contribution in [3.63, 3.8) is 0 Å². The molecule has 2 heterocycles. The summed E-state index contributed by atoms with van der Waals surface area (Å²) in [5, 5.41) is 13.8. The Hall–Kier alpha value is -1.63. The van der Waals surface area contributed by atoms with E-state index in [1.54, 1.807) is 0 Å². The number of rotatable bonds is 4. The monoisotopic (exact) mass is 387 g/mol. The highest BCUT2D eigenvalue weighted by molar-refractivity contribution is 5.76. The van der Waals surface area contributed by atoms with E-state index >= 15 is 0 Å². The molecule has 0 bridgehead atoms. The summed E-state index contributed by atoms with van der Waals surface area (Å²) in [7, 11) is 2.13. The Balaban J connectivity index is 1.41. The van der Waals surface area contributed by atoms with Crippen molar-refractivity contribution >= 4 is 5.91 Å². The molecule has 2 aliphatic heterocycles. The first kappa shape index (κ1) is 19.7. The summed E-state index contributed by atoms with van der Waals surface area (Å²) in [5.74, 6) is 0.895. The molecular formula is C22H33N3O3.